The molecule has 140 valence electrons. The molecule has 0 aliphatic rings. The summed E-state index contributed by atoms with van der Waals surface area (Å²) < 4.78 is 11.1. The number of hydrazone groups is 1. The first-order valence-electron chi connectivity index (χ1n) is 8.40. The molecule has 0 atom stereocenters. The molecule has 0 amide bonds. The van der Waals surface area contributed by atoms with Crippen LogP contribution in [0, 0.1) is 0 Å². The van der Waals surface area contributed by atoms with Crippen molar-refractivity contribution in [2.75, 3.05) is 12.5 Å². The number of hydrogen-bond donors (Lipinski definition) is 1. The smallest absolute Gasteiger partial charge is 0.203 e. The molecule has 1 heterocycles. The fourth-order valence-corrected chi connectivity index (χ4v) is 3.15. The number of aromatic nitrogens is 1. The lowest BCUT2D eigenvalue weighted by Crippen LogP contribution is -2.07. The molecule has 1 aromatic heterocycles. The molecule has 0 saturated heterocycles. The Bertz CT molecular complexity index is 923. The number of rotatable bonds is 7. The van der Waals surface area contributed by atoms with E-state index in [-0.39, 0.29) is 6.10 Å². The van der Waals surface area contributed by atoms with Crippen molar-refractivity contribution in [2.24, 2.45) is 5.10 Å². The van der Waals surface area contributed by atoms with Crippen LogP contribution in [0.4, 0.5) is 5.13 Å². The van der Waals surface area contributed by atoms with Gasteiger partial charge in [0, 0.05) is 16.0 Å². The molecule has 0 unspecified atom stereocenters. The molecule has 0 spiro atoms. The van der Waals surface area contributed by atoms with E-state index < -0.39 is 0 Å². The minimum Gasteiger partial charge on any atom is -0.493 e. The highest BCUT2D eigenvalue weighted by atomic mass is 35.5. The lowest BCUT2D eigenvalue weighted by atomic mass is 10.2. The van der Waals surface area contributed by atoms with Gasteiger partial charge >= 0.3 is 0 Å². The number of nitrogens with one attached hydrogen (secondary N) is 1. The highest BCUT2D eigenvalue weighted by Gasteiger charge is 2.07. The first kappa shape index (κ1) is 19.2. The number of methoxy groups -OCH3 is 1. The van der Waals surface area contributed by atoms with E-state index in [4.69, 9.17) is 21.1 Å². The topological polar surface area (TPSA) is 55.7 Å². The van der Waals surface area contributed by atoms with Gasteiger partial charge in [-0.1, -0.05) is 23.7 Å². The second-order valence-electron chi connectivity index (χ2n) is 5.99. The maximum atomic E-state index is 5.92. The summed E-state index contributed by atoms with van der Waals surface area (Å²) >= 11 is 7.41. The monoisotopic (exact) mass is 401 g/mol. The Morgan fingerprint density at radius 2 is 1.93 bits per heavy atom. The summed E-state index contributed by atoms with van der Waals surface area (Å²) in [7, 11) is 1.62. The van der Waals surface area contributed by atoms with Gasteiger partial charge in [0.25, 0.3) is 0 Å². The van der Waals surface area contributed by atoms with Gasteiger partial charge in [0.2, 0.25) is 5.13 Å². The summed E-state index contributed by atoms with van der Waals surface area (Å²) in [4.78, 5) is 4.53. The normalized spacial score (nSPS) is 11.1. The zero-order valence-electron chi connectivity index (χ0n) is 15.3. The van der Waals surface area contributed by atoms with E-state index in [1.54, 1.807) is 13.3 Å². The van der Waals surface area contributed by atoms with Gasteiger partial charge in [-0.25, -0.2) is 4.98 Å². The number of halogens is 1. The predicted molar refractivity (Wildman–Crippen MR) is 113 cm³/mol. The minimum atomic E-state index is 0.0609. The van der Waals surface area contributed by atoms with Crippen LogP contribution >= 0.6 is 22.9 Å². The third-order valence-electron chi connectivity index (χ3n) is 3.57. The van der Waals surface area contributed by atoms with Crippen molar-refractivity contribution in [3.63, 3.8) is 0 Å². The Labute approximate surface area is 167 Å². The zero-order valence-corrected chi connectivity index (χ0v) is 16.8. The number of ether oxygens (including phenoxy) is 2. The van der Waals surface area contributed by atoms with Gasteiger partial charge in [-0.15, -0.1) is 11.3 Å². The standard InChI is InChI=1S/C20H20ClN3O2S/c1-13(2)26-19-10-14(4-9-18(19)25-3)11-22-24-20-23-17(12-27-20)15-5-7-16(21)8-6-15/h4-13H,1-3H3,(H,23,24)/b22-11-. The van der Waals surface area contributed by atoms with Crippen molar-refractivity contribution in [3.8, 4) is 22.8 Å². The fourth-order valence-electron chi connectivity index (χ4n) is 2.36. The van der Waals surface area contributed by atoms with Crippen LogP contribution < -0.4 is 14.9 Å². The van der Waals surface area contributed by atoms with Crippen LogP contribution in [-0.4, -0.2) is 24.4 Å². The lowest BCUT2D eigenvalue weighted by molar-refractivity contribution is 0.230. The third-order valence-corrected chi connectivity index (χ3v) is 4.57. The average molecular weight is 402 g/mol. The maximum absolute atomic E-state index is 5.92. The maximum Gasteiger partial charge on any atom is 0.203 e. The molecular weight excluding hydrogens is 382 g/mol. The van der Waals surface area contributed by atoms with E-state index in [9.17, 15) is 0 Å². The van der Waals surface area contributed by atoms with Gasteiger partial charge in [0.05, 0.1) is 25.1 Å². The molecule has 7 heteroatoms. The van der Waals surface area contributed by atoms with Crippen molar-refractivity contribution >= 4 is 34.3 Å². The highest BCUT2D eigenvalue weighted by Crippen LogP contribution is 2.29. The quantitative estimate of drug-likeness (QED) is 0.407. The number of thiazole rings is 1. The van der Waals surface area contributed by atoms with Gasteiger partial charge in [-0.2, -0.15) is 5.10 Å². The third kappa shape index (κ3) is 5.21. The molecule has 3 aromatic rings. The second kappa shape index (κ2) is 8.88. The molecule has 1 N–H and O–H groups in total. The lowest BCUT2D eigenvalue weighted by Gasteiger charge is -2.13. The van der Waals surface area contributed by atoms with Crippen molar-refractivity contribution in [1.82, 2.24) is 4.98 Å². The van der Waals surface area contributed by atoms with Gasteiger partial charge in [0.15, 0.2) is 11.5 Å². The fraction of sp³-hybridized carbons (Fsp3) is 0.200. The van der Waals surface area contributed by atoms with Crippen molar-refractivity contribution in [3.05, 3.63) is 58.4 Å². The van der Waals surface area contributed by atoms with Crippen molar-refractivity contribution in [2.45, 2.75) is 20.0 Å². The van der Waals surface area contributed by atoms with Crippen molar-refractivity contribution < 1.29 is 9.47 Å². The Kier molecular flexibility index (Phi) is 6.32. The SMILES string of the molecule is COc1ccc(/C=N\Nc2nc(-c3ccc(Cl)cc3)cs2)cc1OC(C)C. The van der Waals surface area contributed by atoms with Crippen molar-refractivity contribution in [1.29, 1.82) is 0 Å². The van der Waals surface area contributed by atoms with Crippen LogP contribution in [0.15, 0.2) is 52.9 Å². The Hall–Kier alpha value is -2.57. The summed E-state index contributed by atoms with van der Waals surface area (Å²) in [5.74, 6) is 1.39. The predicted octanol–water partition coefficient (Wildman–Crippen LogP) is 5.71. The van der Waals surface area contributed by atoms with Gasteiger partial charge in [0.1, 0.15) is 0 Å². The molecule has 3 rings (SSSR count). The van der Waals surface area contributed by atoms with E-state index in [2.05, 4.69) is 15.5 Å². The summed E-state index contributed by atoms with van der Waals surface area (Å²) in [6.45, 7) is 3.95. The van der Waals surface area contributed by atoms with Crippen LogP contribution in [0.2, 0.25) is 5.02 Å². The second-order valence-corrected chi connectivity index (χ2v) is 7.29. The zero-order chi connectivity index (χ0) is 19.2. The molecule has 0 aliphatic carbocycles. The van der Waals surface area contributed by atoms with E-state index in [0.29, 0.717) is 21.7 Å². The Morgan fingerprint density at radius 3 is 2.63 bits per heavy atom. The first-order valence-corrected chi connectivity index (χ1v) is 9.66. The Balaban J connectivity index is 1.68. The molecule has 0 radical (unpaired) electrons. The minimum absolute atomic E-state index is 0.0609. The van der Waals surface area contributed by atoms with Crippen LogP contribution in [0.3, 0.4) is 0 Å². The molecule has 0 aliphatic heterocycles. The van der Waals surface area contributed by atoms with E-state index in [1.165, 1.54) is 11.3 Å². The number of nitrogens with zero attached hydrogens (tertiary/aromatic N) is 2. The summed E-state index contributed by atoms with van der Waals surface area (Å²) in [6, 6.07) is 13.3. The van der Waals surface area contributed by atoms with E-state index in [0.717, 1.165) is 16.8 Å². The van der Waals surface area contributed by atoms with Crippen LogP contribution in [0.25, 0.3) is 11.3 Å². The summed E-state index contributed by atoms with van der Waals surface area (Å²) in [6.07, 6.45) is 1.78. The van der Waals surface area contributed by atoms with Crippen LogP contribution in [0.5, 0.6) is 11.5 Å². The van der Waals surface area contributed by atoms with Gasteiger partial charge in [-0.05, 0) is 49.7 Å². The molecule has 0 saturated carbocycles. The number of benzene rings is 2. The van der Waals surface area contributed by atoms with Gasteiger partial charge < -0.3 is 9.47 Å². The molecule has 0 bridgehead atoms. The van der Waals surface area contributed by atoms with Crippen LogP contribution in [-0.2, 0) is 0 Å². The number of hydrogen-bond acceptors (Lipinski definition) is 6. The molecular formula is C20H20ClN3O2S. The van der Waals surface area contributed by atoms with Crippen LogP contribution in [0.1, 0.15) is 19.4 Å². The molecule has 2 aromatic carbocycles. The highest BCUT2D eigenvalue weighted by molar-refractivity contribution is 7.14. The summed E-state index contributed by atoms with van der Waals surface area (Å²) in [5, 5.41) is 7.66. The molecule has 5 nitrogen and oxygen atoms in total. The number of anilines is 1. The molecule has 27 heavy (non-hydrogen) atoms. The average Bonchev–Trinajstić information content (AvgIpc) is 3.11. The van der Waals surface area contributed by atoms with E-state index >= 15 is 0 Å². The first-order chi connectivity index (χ1) is 13.0. The largest absolute Gasteiger partial charge is 0.493 e. The van der Waals surface area contributed by atoms with E-state index in [1.807, 2.05) is 61.7 Å². The molecule has 0 fully saturated rings. The Morgan fingerprint density at radius 1 is 1.15 bits per heavy atom. The van der Waals surface area contributed by atoms with Gasteiger partial charge in [-0.3, -0.25) is 5.43 Å². The summed E-state index contributed by atoms with van der Waals surface area (Å²) in [5.41, 5.74) is 5.75.